The van der Waals surface area contributed by atoms with E-state index in [0.29, 0.717) is 18.5 Å². The van der Waals surface area contributed by atoms with E-state index >= 15 is 0 Å². The number of methoxy groups -OCH3 is 3. The summed E-state index contributed by atoms with van der Waals surface area (Å²) in [5.41, 5.74) is 2.74. The number of phenols is 1. The maximum absolute atomic E-state index is 12.3. The third kappa shape index (κ3) is 6.28. The number of nitriles is 1. The van der Waals surface area contributed by atoms with Crippen LogP contribution in [0, 0.1) is 18.3 Å². The second-order valence-electron chi connectivity index (χ2n) is 6.65. The molecule has 0 aliphatic carbocycles. The molecule has 0 fully saturated rings. The first-order chi connectivity index (χ1) is 14.9. The van der Waals surface area contributed by atoms with Crippen LogP contribution < -0.4 is 19.5 Å². The highest BCUT2D eigenvalue weighted by Gasteiger charge is 2.11. The molecule has 0 saturated carbocycles. The molecule has 2 N–H and O–H groups in total. The number of hydrogen-bond acceptors (Lipinski definition) is 6. The summed E-state index contributed by atoms with van der Waals surface area (Å²) in [4.78, 5) is 12.3. The quantitative estimate of drug-likeness (QED) is 0.364. The second-order valence-corrected chi connectivity index (χ2v) is 6.65. The van der Waals surface area contributed by atoms with Gasteiger partial charge in [0, 0.05) is 6.54 Å². The number of phenolic OH excluding ortho intramolecular Hbond substituents is 1. The van der Waals surface area contributed by atoms with E-state index in [1.807, 2.05) is 31.2 Å². The molecule has 7 nitrogen and oxygen atoms in total. The van der Waals surface area contributed by atoms with E-state index < -0.39 is 5.91 Å². The lowest BCUT2D eigenvalue weighted by atomic mass is 10.1. The zero-order valence-electron chi connectivity index (χ0n) is 18.1. The summed E-state index contributed by atoms with van der Waals surface area (Å²) in [6.45, 7) is 2.36. The Morgan fingerprint density at radius 1 is 1.10 bits per heavy atom. The monoisotopic (exact) mass is 422 g/mol. The molecule has 0 radical (unpaired) electrons. The maximum atomic E-state index is 12.3. The lowest BCUT2D eigenvalue weighted by Gasteiger charge is -2.10. The fourth-order valence-corrected chi connectivity index (χ4v) is 2.94. The Morgan fingerprint density at radius 2 is 1.74 bits per heavy atom. The molecule has 162 valence electrons. The first-order valence-corrected chi connectivity index (χ1v) is 9.58. The van der Waals surface area contributed by atoms with E-state index in [0.717, 1.165) is 16.9 Å². The average Bonchev–Trinajstić information content (AvgIpc) is 2.77. The number of aryl methyl sites for hydroxylation is 1. The van der Waals surface area contributed by atoms with Gasteiger partial charge in [0.1, 0.15) is 17.4 Å². The van der Waals surface area contributed by atoms with Gasteiger partial charge in [0.25, 0.3) is 5.91 Å². The lowest BCUT2D eigenvalue weighted by molar-refractivity contribution is -0.117. The van der Waals surface area contributed by atoms with Crippen molar-refractivity contribution >= 4 is 12.0 Å². The van der Waals surface area contributed by atoms with Gasteiger partial charge in [-0.3, -0.25) is 4.79 Å². The van der Waals surface area contributed by atoms with Gasteiger partial charge in [-0.2, -0.15) is 5.26 Å². The fourth-order valence-electron chi connectivity index (χ4n) is 2.94. The van der Waals surface area contributed by atoms with Crippen molar-refractivity contribution in [2.24, 2.45) is 0 Å². The maximum Gasteiger partial charge on any atom is 0.261 e. The summed E-state index contributed by atoms with van der Waals surface area (Å²) in [5.74, 6) is 0.721. The molecule has 0 spiro atoms. The molecule has 0 aliphatic heterocycles. The van der Waals surface area contributed by atoms with Crippen molar-refractivity contribution in [3.63, 3.8) is 0 Å². The SMILES string of the molecule is COc1ccc(C)cc1CCNC(=O)/C(C#N)=C/C=C/c1cc(OC)c(O)c(OC)c1. The van der Waals surface area contributed by atoms with Gasteiger partial charge >= 0.3 is 0 Å². The van der Waals surface area contributed by atoms with Crippen LogP contribution in [0.25, 0.3) is 6.08 Å². The van der Waals surface area contributed by atoms with E-state index in [4.69, 9.17) is 14.2 Å². The number of nitrogens with zero attached hydrogens (tertiary/aromatic N) is 1. The summed E-state index contributed by atoms with van der Waals surface area (Å²) >= 11 is 0. The van der Waals surface area contributed by atoms with Gasteiger partial charge in [-0.1, -0.05) is 29.8 Å². The van der Waals surface area contributed by atoms with E-state index in [1.54, 1.807) is 31.4 Å². The van der Waals surface area contributed by atoms with E-state index in [2.05, 4.69) is 5.32 Å². The number of carbonyl (C=O) groups is 1. The molecule has 0 aliphatic rings. The predicted octanol–water partition coefficient (Wildman–Crippen LogP) is 3.55. The number of carbonyl (C=O) groups excluding carboxylic acids is 1. The van der Waals surface area contributed by atoms with Crippen LogP contribution >= 0.6 is 0 Å². The van der Waals surface area contributed by atoms with Crippen molar-refractivity contribution in [2.45, 2.75) is 13.3 Å². The lowest BCUT2D eigenvalue weighted by Crippen LogP contribution is -2.26. The summed E-state index contributed by atoms with van der Waals surface area (Å²) in [5, 5.41) is 22.0. The third-order valence-electron chi connectivity index (χ3n) is 4.53. The molecule has 0 unspecified atom stereocenters. The summed E-state index contributed by atoms with van der Waals surface area (Å²) in [6.07, 6.45) is 5.26. The zero-order chi connectivity index (χ0) is 22.8. The number of ether oxygens (including phenoxy) is 3. The van der Waals surface area contributed by atoms with Gasteiger partial charge in [0.15, 0.2) is 11.5 Å². The van der Waals surface area contributed by atoms with Gasteiger partial charge < -0.3 is 24.6 Å². The minimum Gasteiger partial charge on any atom is -0.502 e. The highest BCUT2D eigenvalue weighted by atomic mass is 16.5. The normalized spacial score (nSPS) is 11.1. The van der Waals surface area contributed by atoms with Crippen LogP contribution in [-0.4, -0.2) is 38.9 Å². The molecule has 0 aromatic heterocycles. The summed E-state index contributed by atoms with van der Waals surface area (Å²) < 4.78 is 15.6. The minimum atomic E-state index is -0.459. The van der Waals surface area contributed by atoms with Gasteiger partial charge in [-0.25, -0.2) is 0 Å². The Kier molecular flexibility index (Phi) is 8.52. The molecule has 0 atom stereocenters. The number of allylic oxidation sites excluding steroid dienone is 2. The molecule has 0 bridgehead atoms. The van der Waals surface area contributed by atoms with Crippen LogP contribution in [0.2, 0.25) is 0 Å². The number of amides is 1. The largest absolute Gasteiger partial charge is 0.502 e. The standard InChI is InChI=1S/C24H26N2O5/c1-16-8-9-20(29-2)18(12-16)10-11-26-24(28)19(15-25)7-5-6-17-13-21(30-3)23(27)22(14-17)31-4/h5-9,12-14,27H,10-11H2,1-4H3,(H,26,28)/b6-5+,19-7+. The molecule has 2 rings (SSSR count). The van der Waals surface area contributed by atoms with Crippen molar-refractivity contribution in [2.75, 3.05) is 27.9 Å². The van der Waals surface area contributed by atoms with Crippen LogP contribution in [0.1, 0.15) is 16.7 Å². The van der Waals surface area contributed by atoms with Crippen LogP contribution in [-0.2, 0) is 11.2 Å². The summed E-state index contributed by atoms with van der Waals surface area (Å²) in [6, 6.07) is 11.0. The van der Waals surface area contributed by atoms with E-state index in [-0.39, 0.29) is 22.8 Å². The number of benzene rings is 2. The second kappa shape index (κ2) is 11.3. The van der Waals surface area contributed by atoms with Crippen LogP contribution in [0.3, 0.4) is 0 Å². The van der Waals surface area contributed by atoms with E-state index in [9.17, 15) is 15.2 Å². The number of hydrogen-bond donors (Lipinski definition) is 2. The van der Waals surface area contributed by atoms with Gasteiger partial charge in [-0.15, -0.1) is 0 Å². The van der Waals surface area contributed by atoms with Gasteiger partial charge in [-0.05, 0) is 48.7 Å². The van der Waals surface area contributed by atoms with Crippen LogP contribution in [0.4, 0.5) is 0 Å². The fraction of sp³-hybridized carbons (Fsp3) is 0.250. The summed E-state index contributed by atoms with van der Waals surface area (Å²) in [7, 11) is 4.48. The Morgan fingerprint density at radius 3 is 2.32 bits per heavy atom. The van der Waals surface area contributed by atoms with Crippen LogP contribution in [0.5, 0.6) is 23.0 Å². The smallest absolute Gasteiger partial charge is 0.261 e. The Bertz CT molecular complexity index is 1010. The topological polar surface area (TPSA) is 101 Å². The Labute approximate surface area is 182 Å². The van der Waals surface area contributed by atoms with Crippen molar-refractivity contribution in [3.05, 3.63) is 64.7 Å². The molecule has 0 saturated heterocycles. The Hall–Kier alpha value is -3.92. The van der Waals surface area contributed by atoms with Crippen molar-refractivity contribution in [1.82, 2.24) is 5.32 Å². The molecule has 7 heteroatoms. The molecule has 2 aromatic carbocycles. The van der Waals surface area contributed by atoms with E-state index in [1.165, 1.54) is 20.3 Å². The molecular formula is C24H26N2O5. The molecule has 2 aromatic rings. The first kappa shape index (κ1) is 23.4. The third-order valence-corrected chi connectivity index (χ3v) is 4.53. The minimum absolute atomic E-state index is 0.0230. The van der Waals surface area contributed by atoms with Crippen molar-refractivity contribution < 1.29 is 24.1 Å². The molecule has 1 amide bonds. The highest BCUT2D eigenvalue weighted by molar-refractivity contribution is 5.97. The van der Waals surface area contributed by atoms with Gasteiger partial charge in [0.05, 0.1) is 21.3 Å². The number of aromatic hydroxyl groups is 1. The van der Waals surface area contributed by atoms with Gasteiger partial charge in [0.2, 0.25) is 5.75 Å². The molecule has 31 heavy (non-hydrogen) atoms. The highest BCUT2D eigenvalue weighted by Crippen LogP contribution is 2.37. The van der Waals surface area contributed by atoms with Crippen LogP contribution in [0.15, 0.2) is 48.1 Å². The number of nitrogens with one attached hydrogen (secondary N) is 1. The molecular weight excluding hydrogens is 396 g/mol. The molecule has 0 heterocycles. The number of rotatable bonds is 9. The predicted molar refractivity (Wildman–Crippen MR) is 118 cm³/mol. The van der Waals surface area contributed by atoms with Crippen molar-refractivity contribution in [1.29, 1.82) is 5.26 Å². The zero-order valence-corrected chi connectivity index (χ0v) is 18.1. The first-order valence-electron chi connectivity index (χ1n) is 9.58. The van der Waals surface area contributed by atoms with Crippen molar-refractivity contribution in [3.8, 4) is 29.1 Å². The average molecular weight is 422 g/mol. The Balaban J connectivity index is 2.04.